The van der Waals surface area contributed by atoms with Gasteiger partial charge in [-0.05, 0) is 78.9 Å². The number of para-hydroxylation sites is 1. The number of phenolic OH excluding ortho intramolecular Hbond substituents is 1. The fourth-order valence-electron chi connectivity index (χ4n) is 3.83. The van der Waals surface area contributed by atoms with Gasteiger partial charge in [0.2, 0.25) is 11.8 Å². The van der Waals surface area contributed by atoms with Crippen LogP contribution < -0.4 is 10.6 Å². The highest BCUT2D eigenvalue weighted by Crippen LogP contribution is 2.33. The summed E-state index contributed by atoms with van der Waals surface area (Å²) in [6, 6.07) is 3.24. The molecule has 0 aliphatic heterocycles. The van der Waals surface area contributed by atoms with Crippen molar-refractivity contribution in [3.8, 4) is 5.75 Å². The average molecular weight is 538 g/mol. The molecule has 1 rings (SSSR count). The van der Waals surface area contributed by atoms with Gasteiger partial charge >= 0.3 is 6.09 Å². The zero-order valence-corrected chi connectivity index (χ0v) is 24.9. The number of carbonyl (C=O) groups excluding carboxylic acids is 3. The van der Waals surface area contributed by atoms with Crippen LogP contribution in [0.1, 0.15) is 91.3 Å². The summed E-state index contributed by atoms with van der Waals surface area (Å²) in [6.45, 7) is 15.0. The lowest BCUT2D eigenvalue weighted by molar-refractivity contribution is -0.143. The maximum Gasteiger partial charge on any atom is 0.408 e. The Hall–Kier alpha value is -2.42. The molecule has 0 heterocycles. The first kappa shape index (κ1) is 32.6. The molecule has 0 aromatic heterocycles. The van der Waals surface area contributed by atoms with Crippen LogP contribution in [-0.2, 0) is 14.3 Å². The number of aryl methyl sites for hydroxylation is 1. The number of alkyl carbamates (subject to hydrolysis) is 1. The highest BCUT2D eigenvalue weighted by atomic mass is 32.2. The molecule has 0 aliphatic carbocycles. The Morgan fingerprint density at radius 1 is 1.11 bits per heavy atom. The third-order valence-corrected chi connectivity index (χ3v) is 6.15. The fourth-order valence-corrected chi connectivity index (χ4v) is 4.30. The summed E-state index contributed by atoms with van der Waals surface area (Å²) in [7, 11) is 0. The van der Waals surface area contributed by atoms with E-state index >= 15 is 0 Å². The lowest BCUT2D eigenvalue weighted by Crippen LogP contribution is -2.55. The van der Waals surface area contributed by atoms with E-state index < -0.39 is 29.3 Å². The van der Waals surface area contributed by atoms with Gasteiger partial charge in [-0.2, -0.15) is 11.8 Å². The first-order chi connectivity index (χ1) is 17.1. The number of rotatable bonds is 12. The van der Waals surface area contributed by atoms with Crippen molar-refractivity contribution >= 4 is 29.7 Å². The highest BCUT2D eigenvalue weighted by molar-refractivity contribution is 7.98. The minimum absolute atomic E-state index is 0.0226. The van der Waals surface area contributed by atoms with Gasteiger partial charge in [0.05, 0.1) is 0 Å². The molecule has 3 N–H and O–H groups in total. The molecular weight excluding hydrogens is 490 g/mol. The number of aromatic hydroxyl groups is 1. The molecule has 0 aliphatic rings. The maximum absolute atomic E-state index is 14.1. The van der Waals surface area contributed by atoms with E-state index in [1.807, 2.05) is 27.0 Å². The van der Waals surface area contributed by atoms with Gasteiger partial charge in [0.25, 0.3) is 0 Å². The number of benzene rings is 1. The Bertz CT molecular complexity index is 908. The monoisotopic (exact) mass is 537 g/mol. The van der Waals surface area contributed by atoms with Crippen LogP contribution >= 0.6 is 11.8 Å². The second-order valence-corrected chi connectivity index (χ2v) is 12.4. The molecule has 8 nitrogen and oxygen atoms in total. The Kier molecular flexibility index (Phi) is 12.8. The predicted molar refractivity (Wildman–Crippen MR) is 151 cm³/mol. The number of ether oxygens (including phenoxy) is 1. The molecule has 1 aromatic carbocycles. The van der Waals surface area contributed by atoms with Crippen molar-refractivity contribution in [2.45, 2.75) is 104 Å². The number of unbranched alkanes of at least 4 members (excludes halogenated alkanes) is 2. The van der Waals surface area contributed by atoms with Crippen LogP contribution in [0.3, 0.4) is 0 Å². The number of nitrogens with zero attached hydrogens (tertiary/aromatic N) is 1. The molecule has 37 heavy (non-hydrogen) atoms. The number of hydrogen-bond donors (Lipinski definition) is 3. The molecule has 0 bridgehead atoms. The van der Waals surface area contributed by atoms with E-state index in [-0.39, 0.29) is 17.6 Å². The number of phenols is 1. The maximum atomic E-state index is 14.1. The van der Waals surface area contributed by atoms with Crippen molar-refractivity contribution < 1.29 is 24.2 Å². The molecule has 2 unspecified atom stereocenters. The molecule has 0 saturated heterocycles. The SMILES string of the molecule is CCCCCN(C(=O)C(CCSC)NC(=O)OC(C)(C)C)C(C(=O)NC(C)(C)C)c1cccc(C)c1O. The molecule has 0 spiro atoms. The summed E-state index contributed by atoms with van der Waals surface area (Å²) < 4.78 is 5.42. The van der Waals surface area contributed by atoms with E-state index in [1.54, 1.807) is 57.7 Å². The number of thioether (sulfide) groups is 1. The van der Waals surface area contributed by atoms with Gasteiger partial charge in [-0.1, -0.05) is 38.0 Å². The predicted octanol–water partition coefficient (Wildman–Crippen LogP) is 5.32. The molecule has 2 atom stereocenters. The number of hydrogen-bond acceptors (Lipinski definition) is 6. The van der Waals surface area contributed by atoms with Crippen molar-refractivity contribution in [3.63, 3.8) is 0 Å². The van der Waals surface area contributed by atoms with E-state index in [0.29, 0.717) is 36.3 Å². The third-order valence-electron chi connectivity index (χ3n) is 5.51. The molecule has 0 saturated carbocycles. The molecule has 0 radical (unpaired) electrons. The van der Waals surface area contributed by atoms with Crippen LogP contribution in [0.2, 0.25) is 0 Å². The summed E-state index contributed by atoms with van der Waals surface area (Å²) in [4.78, 5) is 42.0. The Balaban J connectivity index is 3.58. The first-order valence-corrected chi connectivity index (χ1v) is 14.4. The first-order valence-electron chi connectivity index (χ1n) is 13.0. The Morgan fingerprint density at radius 3 is 2.30 bits per heavy atom. The highest BCUT2D eigenvalue weighted by Gasteiger charge is 2.38. The molecule has 0 fully saturated rings. The summed E-state index contributed by atoms with van der Waals surface area (Å²) in [5, 5.41) is 16.7. The van der Waals surface area contributed by atoms with Crippen LogP contribution in [0.5, 0.6) is 5.75 Å². The minimum atomic E-state index is -1.07. The van der Waals surface area contributed by atoms with Crippen LogP contribution in [0, 0.1) is 6.92 Å². The van der Waals surface area contributed by atoms with Gasteiger partial charge in [-0.25, -0.2) is 4.79 Å². The van der Waals surface area contributed by atoms with E-state index in [1.165, 1.54) is 4.90 Å². The Labute approximate surface area is 227 Å². The standard InChI is InChI=1S/C28H47N3O5S/c1-10-11-12-17-31(25(34)21(16-18-37-9)29-26(35)36-28(6,7)8)22(24(33)30-27(3,4)5)20-15-13-14-19(2)23(20)32/h13-15,21-22,32H,10-12,16-18H2,1-9H3,(H,29,35)(H,30,33). The Morgan fingerprint density at radius 2 is 1.76 bits per heavy atom. The normalized spacial score (nSPS) is 13.4. The summed E-state index contributed by atoms with van der Waals surface area (Å²) in [5.41, 5.74) is -0.314. The summed E-state index contributed by atoms with van der Waals surface area (Å²) >= 11 is 1.56. The molecular formula is C28H47N3O5S. The van der Waals surface area contributed by atoms with Crippen LogP contribution in [-0.4, -0.2) is 63.6 Å². The number of nitrogens with one attached hydrogen (secondary N) is 2. The number of amides is 3. The van der Waals surface area contributed by atoms with Gasteiger partial charge in [-0.3, -0.25) is 9.59 Å². The van der Waals surface area contributed by atoms with Crippen molar-refractivity contribution in [2.24, 2.45) is 0 Å². The summed E-state index contributed by atoms with van der Waals surface area (Å²) in [5.74, 6) is -0.167. The van der Waals surface area contributed by atoms with E-state index in [9.17, 15) is 19.5 Å². The topological polar surface area (TPSA) is 108 Å². The van der Waals surface area contributed by atoms with Gasteiger partial charge in [0.1, 0.15) is 23.4 Å². The zero-order valence-electron chi connectivity index (χ0n) is 24.1. The van der Waals surface area contributed by atoms with Gasteiger partial charge in [-0.15, -0.1) is 0 Å². The second-order valence-electron chi connectivity index (χ2n) is 11.4. The van der Waals surface area contributed by atoms with Gasteiger partial charge in [0, 0.05) is 17.6 Å². The van der Waals surface area contributed by atoms with Gasteiger partial charge < -0.3 is 25.4 Å². The average Bonchev–Trinajstić information content (AvgIpc) is 2.75. The zero-order chi connectivity index (χ0) is 28.4. The molecule has 3 amide bonds. The van der Waals surface area contributed by atoms with Crippen LogP contribution in [0.15, 0.2) is 18.2 Å². The quantitative estimate of drug-likeness (QED) is 0.311. The van der Waals surface area contributed by atoms with E-state index in [4.69, 9.17) is 4.74 Å². The fraction of sp³-hybridized carbons (Fsp3) is 0.679. The summed E-state index contributed by atoms with van der Waals surface area (Å²) in [6.07, 6.45) is 4.09. The third kappa shape index (κ3) is 11.2. The largest absolute Gasteiger partial charge is 0.507 e. The molecule has 9 heteroatoms. The molecule has 1 aromatic rings. The van der Waals surface area contributed by atoms with Crippen molar-refractivity contribution in [3.05, 3.63) is 29.3 Å². The van der Waals surface area contributed by atoms with Crippen LogP contribution in [0.25, 0.3) is 0 Å². The van der Waals surface area contributed by atoms with Crippen LogP contribution in [0.4, 0.5) is 4.79 Å². The number of carbonyl (C=O) groups is 3. The van der Waals surface area contributed by atoms with Crippen molar-refractivity contribution in [1.82, 2.24) is 15.5 Å². The lowest BCUT2D eigenvalue weighted by Gasteiger charge is -2.36. The smallest absolute Gasteiger partial charge is 0.408 e. The molecule has 210 valence electrons. The van der Waals surface area contributed by atoms with E-state index in [0.717, 1.165) is 12.8 Å². The van der Waals surface area contributed by atoms with E-state index in [2.05, 4.69) is 17.6 Å². The minimum Gasteiger partial charge on any atom is -0.507 e. The van der Waals surface area contributed by atoms with Gasteiger partial charge in [0.15, 0.2) is 0 Å². The van der Waals surface area contributed by atoms with Crippen molar-refractivity contribution in [1.29, 1.82) is 0 Å². The second kappa shape index (κ2) is 14.5. The lowest BCUT2D eigenvalue weighted by atomic mass is 9.97. The van der Waals surface area contributed by atoms with Crippen molar-refractivity contribution in [2.75, 3.05) is 18.6 Å².